The van der Waals surface area contributed by atoms with E-state index in [1.54, 1.807) is 30.3 Å². The molecule has 0 aliphatic heterocycles. The van der Waals surface area contributed by atoms with Crippen molar-refractivity contribution in [2.45, 2.75) is 11.1 Å². The smallest absolute Gasteiger partial charge is 0.250 e. The molecule has 0 bridgehead atoms. The minimum atomic E-state index is -3.49. The molecule has 1 aromatic heterocycles. The fraction of sp³-hybridized carbons (Fsp3) is 0.231. The van der Waals surface area contributed by atoms with Gasteiger partial charge in [-0.25, -0.2) is 13.1 Å². The summed E-state index contributed by atoms with van der Waals surface area (Å²) in [6.45, 7) is 2.27. The molecule has 1 heterocycles. The number of anilines is 1. The van der Waals surface area contributed by atoms with Crippen LogP contribution in [0.2, 0.25) is 0 Å². The van der Waals surface area contributed by atoms with Gasteiger partial charge in [-0.2, -0.15) is 0 Å². The zero-order valence-electron chi connectivity index (χ0n) is 11.3. The predicted octanol–water partition coefficient (Wildman–Crippen LogP) is 2.76. The molecule has 2 aromatic rings. The summed E-state index contributed by atoms with van der Waals surface area (Å²) >= 11 is 4.50. The summed E-state index contributed by atoms with van der Waals surface area (Å²) in [5, 5.41) is 0. The van der Waals surface area contributed by atoms with Gasteiger partial charge in [0.05, 0.1) is 3.79 Å². The Bertz CT molecular complexity index is 709. The summed E-state index contributed by atoms with van der Waals surface area (Å²) in [5.74, 6) is 0.615. The maximum Gasteiger partial charge on any atom is 0.250 e. The lowest BCUT2D eigenvalue weighted by molar-refractivity contribution is 0.323. The molecule has 114 valence electrons. The molecule has 0 radical (unpaired) electrons. The van der Waals surface area contributed by atoms with Crippen LogP contribution in [-0.2, 0) is 10.0 Å². The number of nitrogen functional groups attached to an aromatic ring is 1. The quantitative estimate of drug-likeness (QED) is 0.586. The van der Waals surface area contributed by atoms with E-state index in [1.807, 2.05) is 6.92 Å². The Morgan fingerprint density at radius 3 is 2.76 bits per heavy atom. The summed E-state index contributed by atoms with van der Waals surface area (Å²) in [4.78, 5) is 0. The molecule has 1 aromatic carbocycles. The number of hydrogen-bond acceptors (Lipinski definition) is 5. The van der Waals surface area contributed by atoms with Crippen molar-refractivity contribution < 1.29 is 13.2 Å². The van der Waals surface area contributed by atoms with Crippen molar-refractivity contribution in [2.24, 2.45) is 0 Å². The van der Waals surface area contributed by atoms with Gasteiger partial charge in [0.25, 0.3) is 0 Å². The summed E-state index contributed by atoms with van der Waals surface area (Å²) in [7, 11) is -3.49. The number of nitrogens with two attached hydrogens (primary N) is 1. The van der Waals surface area contributed by atoms with Gasteiger partial charge < -0.3 is 10.5 Å². The Morgan fingerprint density at radius 2 is 2.14 bits per heavy atom. The summed E-state index contributed by atoms with van der Waals surface area (Å²) in [5.41, 5.74) is 7.13. The number of rotatable bonds is 6. The molecule has 0 atom stereocenters. The van der Waals surface area contributed by atoms with Gasteiger partial charge in [-0.3, -0.25) is 0 Å². The van der Waals surface area contributed by atoms with Gasteiger partial charge in [-0.1, -0.05) is 6.07 Å². The van der Waals surface area contributed by atoms with Crippen molar-refractivity contribution >= 4 is 43.0 Å². The van der Waals surface area contributed by atoms with E-state index in [-0.39, 0.29) is 17.4 Å². The van der Waals surface area contributed by atoms with Gasteiger partial charge in [0.1, 0.15) is 16.6 Å². The van der Waals surface area contributed by atoms with Gasteiger partial charge in [0.15, 0.2) is 0 Å². The first-order chi connectivity index (χ1) is 9.88. The number of ether oxygens (including phenoxy) is 1. The van der Waals surface area contributed by atoms with E-state index in [2.05, 4.69) is 20.7 Å². The van der Waals surface area contributed by atoms with Crippen LogP contribution >= 0.6 is 27.3 Å². The number of aryl methyl sites for hydroxylation is 1. The molecule has 0 saturated heterocycles. The Hall–Kier alpha value is -1.09. The molecule has 2 rings (SSSR count). The van der Waals surface area contributed by atoms with Crippen molar-refractivity contribution in [3.63, 3.8) is 0 Å². The maximum absolute atomic E-state index is 12.1. The second-order valence-electron chi connectivity index (χ2n) is 4.34. The lowest BCUT2D eigenvalue weighted by Crippen LogP contribution is -2.27. The highest BCUT2D eigenvalue weighted by Crippen LogP contribution is 2.30. The minimum absolute atomic E-state index is 0.186. The molecule has 0 saturated carbocycles. The Labute approximate surface area is 136 Å². The fourth-order valence-corrected chi connectivity index (χ4v) is 4.87. The molecule has 0 amide bonds. The van der Waals surface area contributed by atoms with Crippen LogP contribution in [0.25, 0.3) is 0 Å². The first-order valence-corrected chi connectivity index (χ1v) is 9.22. The van der Waals surface area contributed by atoms with Crippen LogP contribution in [0.1, 0.15) is 5.56 Å². The average Bonchev–Trinajstić information content (AvgIpc) is 2.76. The lowest BCUT2D eigenvalue weighted by atomic mass is 10.3. The lowest BCUT2D eigenvalue weighted by Gasteiger charge is -2.08. The zero-order chi connectivity index (χ0) is 15.5. The van der Waals surface area contributed by atoms with Gasteiger partial charge in [0, 0.05) is 18.3 Å². The topological polar surface area (TPSA) is 81.4 Å². The number of hydrogen-bond donors (Lipinski definition) is 2. The second-order valence-corrected chi connectivity index (χ2v) is 8.70. The van der Waals surface area contributed by atoms with Crippen LogP contribution in [0, 0.1) is 6.92 Å². The monoisotopic (exact) mass is 390 g/mol. The summed E-state index contributed by atoms with van der Waals surface area (Å²) < 4.78 is 33.2. The van der Waals surface area contributed by atoms with E-state index >= 15 is 0 Å². The van der Waals surface area contributed by atoms with Crippen molar-refractivity contribution in [1.82, 2.24) is 4.72 Å². The molecule has 0 aliphatic carbocycles. The third-order valence-corrected chi connectivity index (χ3v) is 6.69. The van der Waals surface area contributed by atoms with Crippen LogP contribution in [0.3, 0.4) is 0 Å². The standard InChI is InChI=1S/C13H15BrN2O3S2/c1-9-7-12(20-13(9)14)21(17,18)16-5-6-19-11-4-2-3-10(15)8-11/h2-4,7-8,16H,5-6,15H2,1H3. The molecular weight excluding hydrogens is 376 g/mol. The minimum Gasteiger partial charge on any atom is -0.492 e. The van der Waals surface area contributed by atoms with E-state index in [9.17, 15) is 8.42 Å². The molecule has 0 aliphatic rings. The van der Waals surface area contributed by atoms with E-state index in [1.165, 1.54) is 11.3 Å². The number of benzene rings is 1. The van der Waals surface area contributed by atoms with Crippen LogP contribution in [0.5, 0.6) is 5.75 Å². The highest BCUT2D eigenvalue weighted by atomic mass is 79.9. The molecule has 0 fully saturated rings. The molecule has 0 spiro atoms. The van der Waals surface area contributed by atoms with Gasteiger partial charge in [-0.15, -0.1) is 11.3 Å². The van der Waals surface area contributed by atoms with Gasteiger partial charge >= 0.3 is 0 Å². The molecule has 3 N–H and O–H groups in total. The molecule has 21 heavy (non-hydrogen) atoms. The van der Waals surface area contributed by atoms with Crippen molar-refractivity contribution in [2.75, 3.05) is 18.9 Å². The van der Waals surface area contributed by atoms with Crippen molar-refractivity contribution in [1.29, 1.82) is 0 Å². The first kappa shape index (κ1) is 16.3. The van der Waals surface area contributed by atoms with Crippen LogP contribution < -0.4 is 15.2 Å². The van der Waals surface area contributed by atoms with E-state index in [0.29, 0.717) is 11.4 Å². The number of nitrogens with one attached hydrogen (secondary N) is 1. The number of sulfonamides is 1. The zero-order valence-corrected chi connectivity index (χ0v) is 14.5. The van der Waals surface area contributed by atoms with Crippen molar-refractivity contribution in [3.8, 4) is 5.75 Å². The Balaban J connectivity index is 1.88. The Kier molecular flexibility index (Phi) is 5.26. The maximum atomic E-state index is 12.1. The van der Waals surface area contributed by atoms with Gasteiger partial charge in [0.2, 0.25) is 10.0 Å². The summed E-state index contributed by atoms with van der Waals surface area (Å²) in [6.07, 6.45) is 0. The van der Waals surface area contributed by atoms with Crippen LogP contribution in [-0.4, -0.2) is 21.6 Å². The molecule has 5 nitrogen and oxygen atoms in total. The SMILES string of the molecule is Cc1cc(S(=O)(=O)NCCOc2cccc(N)c2)sc1Br. The number of thiophene rings is 1. The highest BCUT2D eigenvalue weighted by Gasteiger charge is 2.17. The Morgan fingerprint density at radius 1 is 1.38 bits per heavy atom. The van der Waals surface area contributed by atoms with E-state index in [0.717, 1.165) is 9.35 Å². The molecule has 0 unspecified atom stereocenters. The predicted molar refractivity (Wildman–Crippen MR) is 88.3 cm³/mol. The second kappa shape index (κ2) is 6.78. The highest BCUT2D eigenvalue weighted by molar-refractivity contribution is 9.11. The van der Waals surface area contributed by atoms with Crippen LogP contribution in [0.15, 0.2) is 38.3 Å². The first-order valence-electron chi connectivity index (χ1n) is 6.12. The molecular formula is C13H15BrN2O3S2. The van der Waals surface area contributed by atoms with E-state index < -0.39 is 10.0 Å². The van der Waals surface area contributed by atoms with Crippen LogP contribution in [0.4, 0.5) is 5.69 Å². The van der Waals surface area contributed by atoms with E-state index in [4.69, 9.17) is 10.5 Å². The third kappa shape index (κ3) is 4.44. The third-order valence-electron chi connectivity index (χ3n) is 2.62. The number of halogens is 1. The normalized spacial score (nSPS) is 11.5. The average molecular weight is 391 g/mol. The molecule has 8 heteroatoms. The summed E-state index contributed by atoms with van der Waals surface area (Å²) in [6, 6.07) is 8.63. The van der Waals surface area contributed by atoms with Crippen molar-refractivity contribution in [3.05, 3.63) is 39.7 Å². The largest absolute Gasteiger partial charge is 0.492 e. The fourth-order valence-electron chi connectivity index (χ4n) is 1.58. The van der Waals surface area contributed by atoms with Gasteiger partial charge in [-0.05, 0) is 46.6 Å².